The van der Waals surface area contributed by atoms with E-state index in [1.54, 1.807) is 0 Å². The summed E-state index contributed by atoms with van der Waals surface area (Å²) in [6.07, 6.45) is 1.63. The quantitative estimate of drug-likeness (QED) is 0.828. The minimum Gasteiger partial charge on any atom is -0.486 e. The second-order valence-electron chi connectivity index (χ2n) is 4.84. The lowest BCUT2D eigenvalue weighted by Gasteiger charge is -2.21. The SMILES string of the molecule is CCC(CC)NC[C@@H](O)c1ccc2c(c1)OCCO2. The van der Waals surface area contributed by atoms with E-state index in [-0.39, 0.29) is 0 Å². The first kappa shape index (κ1) is 14.2. The second-order valence-corrected chi connectivity index (χ2v) is 4.84. The van der Waals surface area contributed by atoms with Crippen LogP contribution in [-0.4, -0.2) is 30.9 Å². The summed E-state index contributed by atoms with van der Waals surface area (Å²) >= 11 is 0. The van der Waals surface area contributed by atoms with Gasteiger partial charge in [0.1, 0.15) is 13.2 Å². The van der Waals surface area contributed by atoms with E-state index in [2.05, 4.69) is 19.2 Å². The molecule has 0 aliphatic carbocycles. The average molecular weight is 265 g/mol. The summed E-state index contributed by atoms with van der Waals surface area (Å²) in [5.74, 6) is 1.49. The fraction of sp³-hybridized carbons (Fsp3) is 0.600. The lowest BCUT2D eigenvalue weighted by Crippen LogP contribution is -2.31. The zero-order valence-electron chi connectivity index (χ0n) is 11.7. The Kier molecular flexibility index (Phi) is 5.05. The standard InChI is InChI=1S/C15H23NO3/c1-3-12(4-2)16-10-13(17)11-5-6-14-15(9-11)19-8-7-18-14/h5-6,9,12-13,16-17H,3-4,7-8,10H2,1-2H3/t13-/m1/s1. The van der Waals surface area contributed by atoms with Crippen LogP contribution in [0.2, 0.25) is 0 Å². The van der Waals surface area contributed by atoms with Crippen molar-refractivity contribution < 1.29 is 14.6 Å². The van der Waals surface area contributed by atoms with E-state index in [0.717, 1.165) is 29.9 Å². The predicted octanol–water partition coefficient (Wildman–Crippen LogP) is 2.27. The molecular weight excluding hydrogens is 242 g/mol. The average Bonchev–Trinajstić information content (AvgIpc) is 2.47. The van der Waals surface area contributed by atoms with E-state index < -0.39 is 6.10 Å². The molecule has 106 valence electrons. The van der Waals surface area contributed by atoms with Gasteiger partial charge in [0.15, 0.2) is 11.5 Å². The predicted molar refractivity (Wildman–Crippen MR) is 74.8 cm³/mol. The summed E-state index contributed by atoms with van der Waals surface area (Å²) < 4.78 is 11.0. The first-order valence-corrected chi connectivity index (χ1v) is 7.05. The molecule has 1 aromatic rings. The smallest absolute Gasteiger partial charge is 0.161 e. The Labute approximate surface area is 114 Å². The molecule has 1 atom stereocenters. The van der Waals surface area contributed by atoms with Crippen molar-refractivity contribution in [2.45, 2.75) is 38.8 Å². The topological polar surface area (TPSA) is 50.7 Å². The van der Waals surface area contributed by atoms with E-state index in [1.807, 2.05) is 18.2 Å². The second kappa shape index (κ2) is 6.78. The van der Waals surface area contributed by atoms with Crippen molar-refractivity contribution in [1.29, 1.82) is 0 Å². The maximum Gasteiger partial charge on any atom is 0.161 e. The Morgan fingerprint density at radius 2 is 1.84 bits per heavy atom. The number of nitrogens with one attached hydrogen (secondary N) is 1. The lowest BCUT2D eigenvalue weighted by atomic mass is 10.1. The number of hydrogen-bond acceptors (Lipinski definition) is 4. The van der Waals surface area contributed by atoms with Crippen molar-refractivity contribution in [2.24, 2.45) is 0 Å². The van der Waals surface area contributed by atoms with Crippen LogP contribution in [0.3, 0.4) is 0 Å². The fourth-order valence-electron chi connectivity index (χ4n) is 2.24. The fourth-order valence-corrected chi connectivity index (χ4v) is 2.24. The number of ether oxygens (including phenoxy) is 2. The molecular formula is C15H23NO3. The number of aliphatic hydroxyl groups is 1. The van der Waals surface area contributed by atoms with Crippen LogP contribution in [0.1, 0.15) is 38.4 Å². The summed E-state index contributed by atoms with van der Waals surface area (Å²) in [6.45, 7) is 6.02. The van der Waals surface area contributed by atoms with Crippen LogP contribution in [0, 0.1) is 0 Å². The lowest BCUT2D eigenvalue weighted by molar-refractivity contribution is 0.160. The minimum atomic E-state index is -0.517. The summed E-state index contributed by atoms with van der Waals surface area (Å²) in [5, 5.41) is 13.6. The molecule has 1 heterocycles. The highest BCUT2D eigenvalue weighted by Gasteiger charge is 2.16. The zero-order chi connectivity index (χ0) is 13.7. The van der Waals surface area contributed by atoms with Gasteiger partial charge in [-0.05, 0) is 30.5 Å². The minimum absolute atomic E-state index is 0.465. The van der Waals surface area contributed by atoms with Gasteiger partial charge in [0.25, 0.3) is 0 Å². The summed E-state index contributed by atoms with van der Waals surface area (Å²) in [6, 6.07) is 6.09. The molecule has 0 unspecified atom stereocenters. The molecule has 2 rings (SSSR count). The highest BCUT2D eigenvalue weighted by atomic mass is 16.6. The van der Waals surface area contributed by atoms with E-state index in [4.69, 9.17) is 9.47 Å². The van der Waals surface area contributed by atoms with E-state index in [0.29, 0.717) is 25.8 Å². The largest absolute Gasteiger partial charge is 0.486 e. The molecule has 4 nitrogen and oxygen atoms in total. The molecule has 2 N–H and O–H groups in total. The molecule has 0 bridgehead atoms. The van der Waals surface area contributed by atoms with Gasteiger partial charge in [-0.25, -0.2) is 0 Å². The molecule has 1 aliphatic rings. The molecule has 4 heteroatoms. The number of aliphatic hydroxyl groups excluding tert-OH is 1. The Morgan fingerprint density at radius 3 is 2.53 bits per heavy atom. The highest BCUT2D eigenvalue weighted by Crippen LogP contribution is 2.32. The molecule has 0 aromatic heterocycles. The molecule has 1 aliphatic heterocycles. The van der Waals surface area contributed by atoms with E-state index in [9.17, 15) is 5.11 Å². The zero-order valence-corrected chi connectivity index (χ0v) is 11.7. The maximum absolute atomic E-state index is 10.2. The molecule has 0 saturated heterocycles. The number of rotatable bonds is 6. The molecule has 0 radical (unpaired) electrons. The molecule has 0 spiro atoms. The van der Waals surface area contributed by atoms with Gasteiger partial charge in [-0.1, -0.05) is 19.9 Å². The number of benzene rings is 1. The van der Waals surface area contributed by atoms with Gasteiger partial charge in [-0.2, -0.15) is 0 Å². The van der Waals surface area contributed by atoms with Crippen LogP contribution in [0.5, 0.6) is 11.5 Å². The molecule has 19 heavy (non-hydrogen) atoms. The molecule has 0 amide bonds. The Bertz CT molecular complexity index is 404. The number of fused-ring (bicyclic) bond motifs is 1. The third-order valence-electron chi connectivity index (χ3n) is 3.54. The van der Waals surface area contributed by atoms with Gasteiger partial charge in [-0.3, -0.25) is 0 Å². The van der Waals surface area contributed by atoms with Crippen molar-refractivity contribution in [2.75, 3.05) is 19.8 Å². The Morgan fingerprint density at radius 1 is 1.16 bits per heavy atom. The summed E-state index contributed by atoms with van der Waals surface area (Å²) in [5.41, 5.74) is 0.864. The maximum atomic E-state index is 10.2. The highest BCUT2D eigenvalue weighted by molar-refractivity contribution is 5.44. The van der Waals surface area contributed by atoms with Crippen LogP contribution in [0.25, 0.3) is 0 Å². The van der Waals surface area contributed by atoms with E-state index >= 15 is 0 Å². The molecule has 1 aromatic carbocycles. The Hall–Kier alpha value is -1.26. The van der Waals surface area contributed by atoms with Crippen molar-refractivity contribution in [3.8, 4) is 11.5 Å². The van der Waals surface area contributed by atoms with Gasteiger partial charge in [-0.15, -0.1) is 0 Å². The van der Waals surface area contributed by atoms with Gasteiger partial charge >= 0.3 is 0 Å². The first-order valence-electron chi connectivity index (χ1n) is 7.05. The molecule has 0 saturated carbocycles. The van der Waals surface area contributed by atoms with Crippen LogP contribution in [0.4, 0.5) is 0 Å². The van der Waals surface area contributed by atoms with Gasteiger partial charge < -0.3 is 19.9 Å². The van der Waals surface area contributed by atoms with Gasteiger partial charge in [0, 0.05) is 12.6 Å². The third kappa shape index (κ3) is 3.61. The van der Waals surface area contributed by atoms with Gasteiger partial charge in [0.05, 0.1) is 6.10 Å². The van der Waals surface area contributed by atoms with Crippen LogP contribution >= 0.6 is 0 Å². The van der Waals surface area contributed by atoms with Crippen molar-refractivity contribution >= 4 is 0 Å². The third-order valence-corrected chi connectivity index (χ3v) is 3.54. The van der Waals surface area contributed by atoms with Crippen LogP contribution in [0.15, 0.2) is 18.2 Å². The molecule has 0 fully saturated rings. The van der Waals surface area contributed by atoms with Crippen molar-refractivity contribution in [3.05, 3.63) is 23.8 Å². The van der Waals surface area contributed by atoms with E-state index in [1.165, 1.54) is 0 Å². The summed E-state index contributed by atoms with van der Waals surface area (Å²) in [4.78, 5) is 0. The van der Waals surface area contributed by atoms with Crippen LogP contribution < -0.4 is 14.8 Å². The monoisotopic (exact) mass is 265 g/mol. The van der Waals surface area contributed by atoms with Crippen molar-refractivity contribution in [3.63, 3.8) is 0 Å². The van der Waals surface area contributed by atoms with Crippen LogP contribution in [-0.2, 0) is 0 Å². The summed E-state index contributed by atoms with van der Waals surface area (Å²) in [7, 11) is 0. The van der Waals surface area contributed by atoms with Crippen molar-refractivity contribution in [1.82, 2.24) is 5.32 Å². The normalized spacial score (nSPS) is 15.6. The Balaban J connectivity index is 1.97. The first-order chi connectivity index (χ1) is 9.24. The van der Waals surface area contributed by atoms with Gasteiger partial charge in [0.2, 0.25) is 0 Å². The number of hydrogen-bond donors (Lipinski definition) is 2.